The van der Waals surface area contributed by atoms with Crippen molar-refractivity contribution in [2.24, 2.45) is 5.16 Å². The van der Waals surface area contributed by atoms with Crippen molar-refractivity contribution in [2.45, 2.75) is 0 Å². The third-order valence-corrected chi connectivity index (χ3v) is 1.34. The molecular weight excluding hydrogens is 154 g/mol. The van der Waals surface area contributed by atoms with Crippen molar-refractivity contribution >= 4 is 12.2 Å². The average molecular weight is 165 g/mol. The van der Waals surface area contributed by atoms with Gasteiger partial charge in [-0.1, -0.05) is 11.2 Å². The van der Waals surface area contributed by atoms with Crippen molar-refractivity contribution < 1.29 is 4.84 Å². The van der Waals surface area contributed by atoms with E-state index in [-0.39, 0.29) is 0 Å². The molecule has 12 heavy (non-hydrogen) atoms. The highest BCUT2D eigenvalue weighted by Crippen LogP contribution is 2.03. The van der Waals surface area contributed by atoms with Gasteiger partial charge in [0.05, 0.1) is 0 Å². The van der Waals surface area contributed by atoms with Crippen LogP contribution in [-0.4, -0.2) is 25.5 Å². The minimum atomic E-state index is 0.832. The van der Waals surface area contributed by atoms with E-state index in [4.69, 9.17) is 0 Å². The van der Waals surface area contributed by atoms with Crippen LogP contribution in [0.3, 0.4) is 0 Å². The Morgan fingerprint density at radius 3 is 3.00 bits per heavy atom. The average Bonchev–Trinajstić information content (AvgIpc) is 2.15. The molecule has 1 aromatic rings. The van der Waals surface area contributed by atoms with Crippen LogP contribution in [0.5, 0.6) is 0 Å². The number of rotatable bonds is 3. The maximum absolute atomic E-state index is 4.53. The van der Waals surface area contributed by atoms with Crippen LogP contribution in [-0.2, 0) is 4.84 Å². The van der Waals surface area contributed by atoms with Gasteiger partial charge in [-0.25, -0.2) is 4.98 Å². The Bertz CT molecular complexity index is 248. The summed E-state index contributed by atoms with van der Waals surface area (Å²) in [7, 11) is 3.35. The molecule has 1 rings (SSSR count). The predicted molar refractivity (Wildman–Crippen MR) is 48.1 cm³/mol. The molecule has 0 atom stereocenters. The van der Waals surface area contributed by atoms with Crippen LogP contribution in [0.2, 0.25) is 0 Å². The highest BCUT2D eigenvalue weighted by molar-refractivity contribution is 5.75. The van der Waals surface area contributed by atoms with Crippen LogP contribution >= 0.6 is 0 Å². The lowest BCUT2D eigenvalue weighted by atomic mass is 10.4. The van der Waals surface area contributed by atoms with Gasteiger partial charge in [0.15, 0.2) is 0 Å². The van der Waals surface area contributed by atoms with Gasteiger partial charge in [0.1, 0.15) is 19.3 Å². The van der Waals surface area contributed by atoms with Crippen molar-refractivity contribution in [3.8, 4) is 0 Å². The summed E-state index contributed by atoms with van der Waals surface area (Å²) >= 11 is 0. The van der Waals surface area contributed by atoms with Crippen LogP contribution in [0.4, 0.5) is 5.82 Å². The number of anilines is 1. The Labute approximate surface area is 71.5 Å². The van der Waals surface area contributed by atoms with Gasteiger partial charge in [0, 0.05) is 13.2 Å². The third kappa shape index (κ3) is 2.23. The van der Waals surface area contributed by atoms with E-state index < -0.39 is 0 Å². The zero-order valence-electron chi connectivity index (χ0n) is 7.14. The van der Waals surface area contributed by atoms with Gasteiger partial charge in [-0.3, -0.25) is 0 Å². The molecule has 0 aliphatic heterocycles. The minimum absolute atomic E-state index is 0.832. The summed E-state index contributed by atoms with van der Waals surface area (Å²) in [6.07, 6.45) is 3.29. The van der Waals surface area contributed by atoms with E-state index in [1.807, 2.05) is 25.2 Å². The van der Waals surface area contributed by atoms with Gasteiger partial charge in [0.25, 0.3) is 0 Å². The maximum Gasteiger partial charge on any atom is 0.136 e. The first kappa shape index (κ1) is 8.52. The molecule has 0 spiro atoms. The summed E-state index contributed by atoms with van der Waals surface area (Å²) in [4.78, 5) is 10.4. The summed E-state index contributed by atoms with van der Waals surface area (Å²) < 4.78 is 0. The van der Waals surface area contributed by atoms with Gasteiger partial charge in [-0.05, 0) is 12.1 Å². The van der Waals surface area contributed by atoms with E-state index in [1.165, 1.54) is 7.11 Å². The molecule has 0 amide bonds. The molecule has 4 nitrogen and oxygen atoms in total. The van der Waals surface area contributed by atoms with E-state index in [1.54, 1.807) is 17.4 Å². The van der Waals surface area contributed by atoms with E-state index in [9.17, 15) is 0 Å². The van der Waals surface area contributed by atoms with Gasteiger partial charge < -0.3 is 9.74 Å². The van der Waals surface area contributed by atoms with Crippen molar-refractivity contribution in [3.05, 3.63) is 24.4 Å². The Morgan fingerprint density at radius 2 is 2.42 bits per heavy atom. The molecule has 4 heteroatoms. The molecule has 0 aliphatic carbocycles. The lowest BCUT2D eigenvalue weighted by Crippen LogP contribution is -2.15. The summed E-state index contributed by atoms with van der Waals surface area (Å²) in [5.74, 6) is 0.832. The SMILES string of the molecule is CON=CN(C)c1ccccn1. The molecule has 0 radical (unpaired) electrons. The Morgan fingerprint density at radius 1 is 1.58 bits per heavy atom. The van der Waals surface area contributed by atoms with Gasteiger partial charge in [0.2, 0.25) is 0 Å². The molecule has 1 aromatic heterocycles. The zero-order chi connectivity index (χ0) is 8.81. The number of hydrogen-bond acceptors (Lipinski definition) is 3. The monoisotopic (exact) mass is 165 g/mol. The molecule has 0 fully saturated rings. The quantitative estimate of drug-likeness (QED) is 0.382. The van der Waals surface area contributed by atoms with Crippen molar-refractivity contribution in [1.82, 2.24) is 4.98 Å². The number of aromatic nitrogens is 1. The number of nitrogens with zero attached hydrogens (tertiary/aromatic N) is 3. The Balaban J connectivity index is 2.65. The highest BCUT2D eigenvalue weighted by Gasteiger charge is 1.95. The normalized spacial score (nSPS) is 10.2. The molecule has 0 aliphatic rings. The van der Waals surface area contributed by atoms with Gasteiger partial charge in [-0.2, -0.15) is 0 Å². The maximum atomic E-state index is 4.53. The first-order valence-electron chi connectivity index (χ1n) is 3.55. The fraction of sp³-hybridized carbons (Fsp3) is 0.250. The van der Waals surface area contributed by atoms with Crippen molar-refractivity contribution in [2.75, 3.05) is 19.1 Å². The molecule has 0 aromatic carbocycles. The molecule has 0 saturated carbocycles. The van der Waals surface area contributed by atoms with Crippen LogP contribution in [0.1, 0.15) is 0 Å². The number of hydrogen-bond donors (Lipinski definition) is 0. The van der Waals surface area contributed by atoms with Crippen LogP contribution in [0.25, 0.3) is 0 Å². The molecule has 0 saturated heterocycles. The van der Waals surface area contributed by atoms with E-state index in [0.717, 1.165) is 5.82 Å². The van der Waals surface area contributed by atoms with E-state index in [0.29, 0.717) is 0 Å². The second-order valence-electron chi connectivity index (χ2n) is 2.20. The fourth-order valence-corrected chi connectivity index (χ4v) is 0.739. The van der Waals surface area contributed by atoms with E-state index in [2.05, 4.69) is 15.0 Å². The molecular formula is C8H11N3O. The first-order valence-corrected chi connectivity index (χ1v) is 3.55. The summed E-state index contributed by atoms with van der Waals surface area (Å²) in [5, 5.41) is 3.61. The summed E-state index contributed by atoms with van der Waals surface area (Å²) in [6.45, 7) is 0. The fourth-order valence-electron chi connectivity index (χ4n) is 0.739. The molecule has 0 unspecified atom stereocenters. The predicted octanol–water partition coefficient (Wildman–Crippen LogP) is 1.11. The highest BCUT2D eigenvalue weighted by atomic mass is 16.6. The lowest BCUT2D eigenvalue weighted by Gasteiger charge is -2.09. The van der Waals surface area contributed by atoms with Crippen LogP contribution in [0.15, 0.2) is 29.6 Å². The van der Waals surface area contributed by atoms with Crippen LogP contribution < -0.4 is 4.90 Å². The summed E-state index contributed by atoms with van der Waals surface area (Å²) in [6, 6.07) is 5.67. The van der Waals surface area contributed by atoms with Crippen molar-refractivity contribution in [1.29, 1.82) is 0 Å². The van der Waals surface area contributed by atoms with Gasteiger partial charge >= 0.3 is 0 Å². The van der Waals surface area contributed by atoms with Crippen molar-refractivity contribution in [3.63, 3.8) is 0 Å². The lowest BCUT2D eigenvalue weighted by molar-refractivity contribution is 0.215. The second kappa shape index (κ2) is 4.33. The van der Waals surface area contributed by atoms with E-state index >= 15 is 0 Å². The second-order valence-corrected chi connectivity index (χ2v) is 2.20. The zero-order valence-corrected chi connectivity index (χ0v) is 7.14. The standard InChI is InChI=1S/C8H11N3O/c1-11(7-10-12-2)8-5-3-4-6-9-8/h3-7H,1-2H3. The van der Waals surface area contributed by atoms with Crippen LogP contribution in [0, 0.1) is 0 Å². The first-order chi connectivity index (χ1) is 5.84. The molecule has 64 valence electrons. The summed E-state index contributed by atoms with van der Waals surface area (Å²) in [5.41, 5.74) is 0. The smallest absolute Gasteiger partial charge is 0.136 e. The largest absolute Gasteiger partial charge is 0.398 e. The molecule has 0 bridgehead atoms. The minimum Gasteiger partial charge on any atom is -0.398 e. The molecule has 1 heterocycles. The topological polar surface area (TPSA) is 37.7 Å². The van der Waals surface area contributed by atoms with Gasteiger partial charge in [-0.15, -0.1) is 0 Å². The Kier molecular flexibility index (Phi) is 3.07. The number of pyridine rings is 1. The third-order valence-electron chi connectivity index (χ3n) is 1.34. The number of oxime groups is 1. The Hall–Kier alpha value is -1.58. The molecule has 0 N–H and O–H groups in total.